The molecule has 0 spiro atoms. The SMILES string of the molecule is CCCC(=O)Nc1ccc(OCC(=O)Nc2ccccc2-c2ccccc2)c(C(C)=O)c1. The molecule has 0 unspecified atom stereocenters. The van der Waals surface area contributed by atoms with E-state index < -0.39 is 0 Å². The smallest absolute Gasteiger partial charge is 0.262 e. The molecule has 0 bridgehead atoms. The Morgan fingerprint density at radius 1 is 0.844 bits per heavy atom. The Morgan fingerprint density at radius 2 is 1.56 bits per heavy atom. The Kier molecular flexibility index (Phi) is 7.75. The fourth-order valence-electron chi connectivity index (χ4n) is 3.25. The first-order valence-electron chi connectivity index (χ1n) is 10.5. The van der Waals surface area contributed by atoms with E-state index in [0.717, 1.165) is 17.5 Å². The standard InChI is InChI=1S/C26H26N2O4/c1-3-9-25(30)27-20-14-15-24(22(16-20)18(2)29)32-17-26(31)28-23-13-8-7-12-21(23)19-10-5-4-6-11-19/h4-8,10-16H,3,9,17H2,1-2H3,(H,27,30)(H,28,31). The number of para-hydroxylation sites is 1. The molecule has 0 fully saturated rings. The van der Waals surface area contributed by atoms with Crippen LogP contribution < -0.4 is 15.4 Å². The minimum absolute atomic E-state index is 0.118. The lowest BCUT2D eigenvalue weighted by Crippen LogP contribution is -2.21. The van der Waals surface area contributed by atoms with Crippen LogP contribution in [0.15, 0.2) is 72.8 Å². The fourth-order valence-corrected chi connectivity index (χ4v) is 3.25. The van der Waals surface area contributed by atoms with Crippen LogP contribution in [0.1, 0.15) is 37.0 Å². The van der Waals surface area contributed by atoms with E-state index in [1.807, 2.05) is 61.5 Å². The highest BCUT2D eigenvalue weighted by molar-refractivity contribution is 6.00. The third kappa shape index (κ3) is 6.04. The van der Waals surface area contributed by atoms with E-state index in [-0.39, 0.29) is 30.0 Å². The van der Waals surface area contributed by atoms with Crippen molar-refractivity contribution in [2.24, 2.45) is 0 Å². The zero-order valence-electron chi connectivity index (χ0n) is 18.2. The van der Waals surface area contributed by atoms with Crippen LogP contribution >= 0.6 is 0 Å². The van der Waals surface area contributed by atoms with Crippen molar-refractivity contribution in [3.8, 4) is 16.9 Å². The molecule has 0 saturated heterocycles. The minimum atomic E-state index is -0.344. The summed E-state index contributed by atoms with van der Waals surface area (Å²) in [5, 5.41) is 5.63. The van der Waals surface area contributed by atoms with E-state index in [0.29, 0.717) is 23.4 Å². The zero-order chi connectivity index (χ0) is 22.9. The van der Waals surface area contributed by atoms with Gasteiger partial charge in [-0.15, -0.1) is 0 Å². The molecule has 0 aliphatic heterocycles. The molecule has 32 heavy (non-hydrogen) atoms. The van der Waals surface area contributed by atoms with Crippen LogP contribution in [-0.2, 0) is 9.59 Å². The Balaban J connectivity index is 1.69. The monoisotopic (exact) mass is 430 g/mol. The number of carbonyl (C=O) groups is 3. The first-order valence-corrected chi connectivity index (χ1v) is 10.5. The molecule has 0 heterocycles. The minimum Gasteiger partial charge on any atom is -0.483 e. The van der Waals surface area contributed by atoms with Crippen molar-refractivity contribution in [3.05, 3.63) is 78.4 Å². The van der Waals surface area contributed by atoms with Crippen molar-refractivity contribution in [2.45, 2.75) is 26.7 Å². The quantitative estimate of drug-likeness (QED) is 0.451. The van der Waals surface area contributed by atoms with Gasteiger partial charge < -0.3 is 15.4 Å². The Hall–Kier alpha value is -3.93. The Morgan fingerprint density at radius 3 is 2.28 bits per heavy atom. The summed E-state index contributed by atoms with van der Waals surface area (Å²) in [5.41, 5.74) is 3.38. The maximum absolute atomic E-state index is 12.6. The largest absolute Gasteiger partial charge is 0.483 e. The Bertz CT molecular complexity index is 1110. The number of ether oxygens (including phenoxy) is 1. The molecule has 164 valence electrons. The van der Waals surface area contributed by atoms with Gasteiger partial charge in [0.15, 0.2) is 12.4 Å². The van der Waals surface area contributed by atoms with Crippen LogP contribution in [0, 0.1) is 0 Å². The van der Waals surface area contributed by atoms with Gasteiger partial charge in [-0.1, -0.05) is 55.5 Å². The maximum atomic E-state index is 12.6. The normalized spacial score (nSPS) is 10.3. The fraction of sp³-hybridized carbons (Fsp3) is 0.192. The van der Waals surface area contributed by atoms with E-state index in [1.165, 1.54) is 6.92 Å². The molecular formula is C26H26N2O4. The van der Waals surface area contributed by atoms with Crippen LogP contribution in [0.25, 0.3) is 11.1 Å². The topological polar surface area (TPSA) is 84.5 Å². The average Bonchev–Trinajstić information content (AvgIpc) is 2.79. The third-order valence-corrected chi connectivity index (χ3v) is 4.76. The highest BCUT2D eigenvalue weighted by Gasteiger charge is 2.14. The van der Waals surface area contributed by atoms with Gasteiger partial charge in [0.05, 0.1) is 5.56 Å². The van der Waals surface area contributed by atoms with Gasteiger partial charge in [-0.05, 0) is 43.2 Å². The second kappa shape index (κ2) is 10.9. The zero-order valence-corrected chi connectivity index (χ0v) is 18.2. The summed E-state index contributed by atoms with van der Waals surface area (Å²) >= 11 is 0. The molecule has 3 aromatic carbocycles. The van der Waals surface area contributed by atoms with Gasteiger partial charge in [0.2, 0.25) is 5.91 Å². The highest BCUT2D eigenvalue weighted by Crippen LogP contribution is 2.28. The van der Waals surface area contributed by atoms with E-state index in [2.05, 4.69) is 10.6 Å². The molecule has 0 aliphatic rings. The summed E-state index contributed by atoms with van der Waals surface area (Å²) in [4.78, 5) is 36.4. The maximum Gasteiger partial charge on any atom is 0.262 e. The summed E-state index contributed by atoms with van der Waals surface area (Å²) < 4.78 is 5.64. The van der Waals surface area contributed by atoms with Gasteiger partial charge in [-0.25, -0.2) is 0 Å². The number of benzene rings is 3. The number of rotatable bonds is 9. The van der Waals surface area contributed by atoms with Crippen molar-refractivity contribution in [2.75, 3.05) is 17.2 Å². The molecule has 3 aromatic rings. The lowest BCUT2D eigenvalue weighted by atomic mass is 10.0. The van der Waals surface area contributed by atoms with Crippen LogP contribution in [0.4, 0.5) is 11.4 Å². The van der Waals surface area contributed by atoms with Crippen LogP contribution in [0.3, 0.4) is 0 Å². The molecular weight excluding hydrogens is 404 g/mol. The number of hydrogen-bond donors (Lipinski definition) is 2. The number of ketones is 1. The van der Waals surface area contributed by atoms with Crippen molar-refractivity contribution in [1.29, 1.82) is 0 Å². The van der Waals surface area contributed by atoms with Gasteiger partial charge in [-0.2, -0.15) is 0 Å². The number of carbonyl (C=O) groups excluding carboxylic acids is 3. The number of amides is 2. The predicted octanol–water partition coefficient (Wildman–Crippen LogP) is 5.31. The van der Waals surface area contributed by atoms with Gasteiger partial charge in [0, 0.05) is 23.4 Å². The molecule has 0 saturated carbocycles. The summed E-state index contributed by atoms with van der Waals surface area (Å²) in [6.45, 7) is 3.07. The lowest BCUT2D eigenvalue weighted by Gasteiger charge is -2.14. The van der Waals surface area contributed by atoms with E-state index in [4.69, 9.17) is 4.74 Å². The molecule has 6 heteroatoms. The number of anilines is 2. The molecule has 3 rings (SSSR count). The first-order chi connectivity index (χ1) is 15.5. The van der Waals surface area contributed by atoms with Crippen LogP contribution in [-0.4, -0.2) is 24.2 Å². The van der Waals surface area contributed by atoms with Crippen molar-refractivity contribution in [3.63, 3.8) is 0 Å². The van der Waals surface area contributed by atoms with E-state index >= 15 is 0 Å². The van der Waals surface area contributed by atoms with Crippen molar-refractivity contribution >= 4 is 29.0 Å². The van der Waals surface area contributed by atoms with E-state index in [1.54, 1.807) is 18.2 Å². The highest BCUT2D eigenvalue weighted by atomic mass is 16.5. The predicted molar refractivity (Wildman–Crippen MR) is 126 cm³/mol. The molecule has 0 aromatic heterocycles. The lowest BCUT2D eigenvalue weighted by molar-refractivity contribution is -0.118. The summed E-state index contributed by atoms with van der Waals surface area (Å²) in [6, 6.07) is 22.1. The first kappa shape index (κ1) is 22.7. The number of Topliss-reactive ketones (excluding diaryl/α,β-unsaturated/α-hetero) is 1. The van der Waals surface area contributed by atoms with Crippen molar-refractivity contribution in [1.82, 2.24) is 0 Å². The molecule has 0 radical (unpaired) electrons. The molecule has 2 N–H and O–H groups in total. The third-order valence-electron chi connectivity index (χ3n) is 4.76. The van der Waals surface area contributed by atoms with E-state index in [9.17, 15) is 14.4 Å². The van der Waals surface area contributed by atoms with Gasteiger partial charge in [0.25, 0.3) is 5.91 Å². The van der Waals surface area contributed by atoms with Crippen molar-refractivity contribution < 1.29 is 19.1 Å². The van der Waals surface area contributed by atoms with Crippen LogP contribution in [0.5, 0.6) is 5.75 Å². The van der Waals surface area contributed by atoms with Gasteiger partial charge >= 0.3 is 0 Å². The average molecular weight is 431 g/mol. The molecule has 0 aliphatic carbocycles. The Labute approximate surface area is 187 Å². The molecule has 2 amide bonds. The second-order valence-corrected chi connectivity index (χ2v) is 7.31. The molecule has 6 nitrogen and oxygen atoms in total. The van der Waals surface area contributed by atoms with Gasteiger partial charge in [0.1, 0.15) is 5.75 Å². The number of nitrogens with one attached hydrogen (secondary N) is 2. The summed E-state index contributed by atoms with van der Waals surface area (Å²) in [5.74, 6) is -0.394. The van der Waals surface area contributed by atoms with Crippen LogP contribution in [0.2, 0.25) is 0 Å². The summed E-state index contributed by atoms with van der Waals surface area (Å²) in [6.07, 6.45) is 1.13. The van der Waals surface area contributed by atoms with Gasteiger partial charge in [-0.3, -0.25) is 14.4 Å². The summed E-state index contributed by atoms with van der Waals surface area (Å²) in [7, 11) is 0. The number of hydrogen-bond acceptors (Lipinski definition) is 4. The molecule has 0 atom stereocenters. The second-order valence-electron chi connectivity index (χ2n) is 7.31.